The second kappa shape index (κ2) is 5.23. The number of esters is 2. The summed E-state index contributed by atoms with van der Waals surface area (Å²) in [7, 11) is 0. The highest BCUT2D eigenvalue weighted by Crippen LogP contribution is 2.68. The summed E-state index contributed by atoms with van der Waals surface area (Å²) >= 11 is 0. The molecule has 3 fully saturated rings. The smallest absolute Gasteiger partial charge is 0.343 e. The molecule has 2 N–H and O–H groups in total. The fourth-order valence-electron chi connectivity index (χ4n) is 6.11. The number of cyclic esters (lactones) is 2. The first-order chi connectivity index (χ1) is 12.9. The lowest BCUT2D eigenvalue weighted by atomic mass is 9.43. The topological polar surface area (TPSA) is 106 Å². The van der Waals surface area contributed by atoms with Crippen LogP contribution in [0, 0.1) is 22.7 Å². The maximum absolute atomic E-state index is 13.2. The van der Waals surface area contributed by atoms with E-state index in [9.17, 15) is 19.8 Å². The number of fused-ring (bicyclic) bond motifs is 1. The molecule has 7 heteroatoms. The highest BCUT2D eigenvalue weighted by atomic mass is 16.6. The van der Waals surface area contributed by atoms with Gasteiger partial charge in [-0.15, -0.1) is 0 Å². The molecule has 3 heterocycles. The number of allylic oxidation sites excluding steroid dienone is 1. The van der Waals surface area contributed by atoms with Gasteiger partial charge in [0.05, 0.1) is 23.2 Å². The number of aliphatic hydroxyl groups excluding tert-OH is 1. The van der Waals surface area contributed by atoms with Crippen molar-refractivity contribution in [3.05, 3.63) is 36.3 Å². The monoisotopic (exact) mass is 374 g/mol. The molecule has 7 nitrogen and oxygen atoms in total. The van der Waals surface area contributed by atoms with E-state index in [1.165, 1.54) is 12.3 Å². The number of carbonyl (C=O) groups is 2. The van der Waals surface area contributed by atoms with E-state index in [1.807, 2.05) is 6.92 Å². The van der Waals surface area contributed by atoms with Crippen LogP contribution in [0.4, 0.5) is 0 Å². The molecule has 2 aliphatic carbocycles. The Morgan fingerprint density at radius 3 is 2.81 bits per heavy atom. The predicted molar refractivity (Wildman–Crippen MR) is 90.0 cm³/mol. The van der Waals surface area contributed by atoms with Gasteiger partial charge in [-0.1, -0.05) is 13.0 Å². The summed E-state index contributed by atoms with van der Waals surface area (Å²) in [6, 6.07) is 3.52. The normalized spacial score (nSPS) is 48.3. The molecule has 27 heavy (non-hydrogen) atoms. The van der Waals surface area contributed by atoms with E-state index in [0.717, 1.165) is 0 Å². The maximum Gasteiger partial charge on any atom is 0.343 e. The summed E-state index contributed by atoms with van der Waals surface area (Å²) in [6.45, 7) is 1.82. The van der Waals surface area contributed by atoms with Gasteiger partial charge >= 0.3 is 11.9 Å². The molecule has 1 aromatic heterocycles. The molecule has 2 spiro atoms. The predicted octanol–water partition coefficient (Wildman–Crippen LogP) is 1.51. The number of carbonyl (C=O) groups excluding carboxylic acids is 2. The van der Waals surface area contributed by atoms with E-state index in [-0.39, 0.29) is 24.9 Å². The zero-order valence-corrected chi connectivity index (χ0v) is 15.0. The largest absolute Gasteiger partial charge is 0.465 e. The first-order valence-electron chi connectivity index (χ1n) is 9.36. The van der Waals surface area contributed by atoms with E-state index in [2.05, 4.69) is 0 Å². The molecule has 144 valence electrons. The third-order valence-electron chi connectivity index (χ3n) is 7.50. The zero-order chi connectivity index (χ0) is 19.0. The summed E-state index contributed by atoms with van der Waals surface area (Å²) in [5.74, 6) is -1.20. The Kier molecular flexibility index (Phi) is 3.30. The van der Waals surface area contributed by atoms with Gasteiger partial charge in [-0.3, -0.25) is 4.79 Å². The molecule has 1 saturated carbocycles. The van der Waals surface area contributed by atoms with E-state index in [1.54, 1.807) is 18.2 Å². The van der Waals surface area contributed by atoms with Gasteiger partial charge in [-0.05, 0) is 42.9 Å². The van der Waals surface area contributed by atoms with Gasteiger partial charge in [0.25, 0.3) is 0 Å². The van der Waals surface area contributed by atoms with Crippen molar-refractivity contribution in [1.82, 2.24) is 0 Å². The Bertz CT molecular complexity index is 829. The Morgan fingerprint density at radius 2 is 2.07 bits per heavy atom. The number of ether oxygens (including phenoxy) is 2. The van der Waals surface area contributed by atoms with E-state index in [4.69, 9.17) is 13.9 Å². The van der Waals surface area contributed by atoms with Crippen molar-refractivity contribution >= 4 is 11.9 Å². The van der Waals surface area contributed by atoms with Gasteiger partial charge in [-0.25, -0.2) is 4.79 Å². The average molecular weight is 374 g/mol. The average Bonchev–Trinajstić information content (AvgIpc) is 3.32. The lowest BCUT2D eigenvalue weighted by Crippen LogP contribution is -2.68. The number of hydrogen-bond acceptors (Lipinski definition) is 7. The van der Waals surface area contributed by atoms with Gasteiger partial charge in [0.2, 0.25) is 0 Å². The molecule has 7 atom stereocenters. The van der Waals surface area contributed by atoms with Gasteiger partial charge < -0.3 is 24.1 Å². The van der Waals surface area contributed by atoms with Crippen LogP contribution in [0.15, 0.2) is 35.0 Å². The molecule has 0 amide bonds. The third kappa shape index (κ3) is 1.79. The maximum atomic E-state index is 13.2. The fraction of sp³-hybridized carbons (Fsp3) is 0.600. The van der Waals surface area contributed by atoms with Crippen molar-refractivity contribution in [2.45, 2.75) is 44.0 Å². The molecule has 4 aliphatic rings. The van der Waals surface area contributed by atoms with Crippen LogP contribution in [0.2, 0.25) is 0 Å². The van der Waals surface area contributed by atoms with Crippen LogP contribution in [-0.2, 0) is 19.1 Å². The summed E-state index contributed by atoms with van der Waals surface area (Å²) in [6.07, 6.45) is 4.33. The van der Waals surface area contributed by atoms with Crippen molar-refractivity contribution in [2.24, 2.45) is 22.7 Å². The Morgan fingerprint density at radius 1 is 1.26 bits per heavy atom. The zero-order valence-electron chi connectivity index (χ0n) is 15.0. The lowest BCUT2D eigenvalue weighted by Gasteiger charge is -2.58. The Hall–Kier alpha value is -2.12. The number of hydrogen-bond donors (Lipinski definition) is 2. The van der Waals surface area contributed by atoms with Crippen molar-refractivity contribution in [1.29, 1.82) is 0 Å². The van der Waals surface area contributed by atoms with E-state index >= 15 is 0 Å². The Balaban J connectivity index is 1.65. The van der Waals surface area contributed by atoms with Crippen LogP contribution in [0.5, 0.6) is 0 Å². The molecular weight excluding hydrogens is 352 g/mol. The molecule has 1 aromatic rings. The second-order valence-corrected chi connectivity index (χ2v) is 8.38. The number of furan rings is 1. The van der Waals surface area contributed by atoms with E-state index < -0.39 is 40.5 Å². The van der Waals surface area contributed by atoms with Crippen molar-refractivity contribution in [3.8, 4) is 0 Å². The van der Waals surface area contributed by atoms with Crippen molar-refractivity contribution in [2.75, 3.05) is 6.61 Å². The molecular formula is C20H22O7. The minimum Gasteiger partial charge on any atom is -0.465 e. The molecule has 0 aromatic carbocycles. The molecule has 0 bridgehead atoms. The molecule has 5 rings (SSSR count). The molecule has 0 radical (unpaired) electrons. The summed E-state index contributed by atoms with van der Waals surface area (Å²) in [5, 5.41) is 22.2. The second-order valence-electron chi connectivity index (χ2n) is 8.38. The SMILES string of the molecule is CC1CC(O)C23COC(=O)C2(O)C=CCC3C12CC(c1ccco1)OC2=O. The molecule has 7 unspecified atom stereocenters. The summed E-state index contributed by atoms with van der Waals surface area (Å²) in [5.41, 5.74) is -4.10. The van der Waals surface area contributed by atoms with Crippen molar-refractivity contribution < 1.29 is 33.7 Å². The first kappa shape index (κ1) is 17.0. The highest BCUT2D eigenvalue weighted by molar-refractivity contribution is 5.87. The van der Waals surface area contributed by atoms with E-state index in [0.29, 0.717) is 18.6 Å². The minimum absolute atomic E-state index is 0.105. The van der Waals surface area contributed by atoms with Crippen LogP contribution >= 0.6 is 0 Å². The molecule has 2 saturated heterocycles. The fourth-order valence-corrected chi connectivity index (χ4v) is 6.11. The van der Waals surface area contributed by atoms with Crippen LogP contribution < -0.4 is 0 Å². The quantitative estimate of drug-likeness (QED) is 0.567. The van der Waals surface area contributed by atoms with Crippen LogP contribution in [0.25, 0.3) is 0 Å². The van der Waals surface area contributed by atoms with Crippen LogP contribution in [-0.4, -0.2) is 40.5 Å². The van der Waals surface area contributed by atoms with Crippen LogP contribution in [0.3, 0.4) is 0 Å². The number of aliphatic hydroxyl groups is 2. The lowest BCUT2D eigenvalue weighted by molar-refractivity contribution is -0.208. The standard InChI is InChI=1S/C20H22O7/c1-11-8-15(21)19-10-26-17(23)20(19,24)6-2-5-14(19)18(11)9-13(27-16(18)22)12-4-3-7-25-12/h2-4,6-7,11,13-15,21,24H,5,8-10H2,1H3. The van der Waals surface area contributed by atoms with Gasteiger partial charge in [0.15, 0.2) is 11.7 Å². The van der Waals surface area contributed by atoms with Crippen molar-refractivity contribution in [3.63, 3.8) is 0 Å². The third-order valence-corrected chi connectivity index (χ3v) is 7.50. The molecule has 2 aliphatic heterocycles. The van der Waals surface area contributed by atoms with Gasteiger partial charge in [0, 0.05) is 6.42 Å². The number of rotatable bonds is 1. The first-order valence-corrected chi connectivity index (χ1v) is 9.36. The summed E-state index contributed by atoms with van der Waals surface area (Å²) in [4.78, 5) is 25.6. The Labute approximate surface area is 155 Å². The van der Waals surface area contributed by atoms with Crippen LogP contribution in [0.1, 0.15) is 38.1 Å². The van der Waals surface area contributed by atoms with Gasteiger partial charge in [-0.2, -0.15) is 0 Å². The summed E-state index contributed by atoms with van der Waals surface area (Å²) < 4.78 is 16.4. The minimum atomic E-state index is -1.93. The van der Waals surface area contributed by atoms with Gasteiger partial charge in [0.1, 0.15) is 12.4 Å². The highest BCUT2D eigenvalue weighted by Gasteiger charge is 2.77.